The standard InChI is InChI=1S/C13H15F3N2O/c1-8(18-11(19)12(17)5-6-12)9-3-2-4-10(7-9)13(14,15)16/h2-4,7-8H,5-6,17H2,1H3,(H,18,19). The Labute approximate surface area is 109 Å². The number of hydrogen-bond donors (Lipinski definition) is 2. The maximum atomic E-state index is 12.6. The number of benzene rings is 1. The van der Waals surface area contributed by atoms with Crippen LogP contribution in [0, 0.1) is 0 Å². The van der Waals surface area contributed by atoms with Crippen molar-refractivity contribution in [1.82, 2.24) is 5.32 Å². The van der Waals surface area contributed by atoms with Crippen LogP contribution >= 0.6 is 0 Å². The maximum absolute atomic E-state index is 12.6. The van der Waals surface area contributed by atoms with E-state index in [4.69, 9.17) is 5.73 Å². The molecular formula is C13H15F3N2O. The number of hydrogen-bond acceptors (Lipinski definition) is 2. The molecule has 2 rings (SSSR count). The van der Waals surface area contributed by atoms with Crippen LogP contribution in [-0.2, 0) is 11.0 Å². The van der Waals surface area contributed by atoms with Crippen LogP contribution in [0.15, 0.2) is 24.3 Å². The Balaban J connectivity index is 2.11. The maximum Gasteiger partial charge on any atom is 0.416 e. The molecular weight excluding hydrogens is 257 g/mol. The highest BCUT2D eigenvalue weighted by Gasteiger charge is 2.46. The summed E-state index contributed by atoms with van der Waals surface area (Å²) >= 11 is 0. The molecule has 0 bridgehead atoms. The molecule has 1 saturated carbocycles. The van der Waals surface area contributed by atoms with Gasteiger partial charge in [0, 0.05) is 0 Å². The molecule has 1 aromatic rings. The SMILES string of the molecule is CC(NC(=O)C1(N)CC1)c1cccc(C(F)(F)F)c1. The van der Waals surface area contributed by atoms with Crippen molar-refractivity contribution in [3.8, 4) is 0 Å². The molecule has 0 spiro atoms. The predicted octanol–water partition coefficient (Wildman–Crippen LogP) is 2.37. The minimum atomic E-state index is -4.38. The highest BCUT2D eigenvalue weighted by atomic mass is 19.4. The molecule has 1 fully saturated rings. The molecule has 1 aliphatic carbocycles. The molecule has 1 amide bonds. The first kappa shape index (κ1) is 13.9. The first-order valence-corrected chi connectivity index (χ1v) is 5.99. The van der Waals surface area contributed by atoms with Crippen LogP contribution < -0.4 is 11.1 Å². The second-order valence-corrected chi connectivity index (χ2v) is 4.97. The van der Waals surface area contributed by atoms with Crippen molar-refractivity contribution in [2.45, 2.75) is 37.5 Å². The smallest absolute Gasteiger partial charge is 0.348 e. The highest BCUT2D eigenvalue weighted by Crippen LogP contribution is 2.34. The van der Waals surface area contributed by atoms with E-state index >= 15 is 0 Å². The fourth-order valence-electron chi connectivity index (χ4n) is 1.77. The van der Waals surface area contributed by atoms with Crippen molar-refractivity contribution in [3.05, 3.63) is 35.4 Å². The molecule has 0 aliphatic heterocycles. The lowest BCUT2D eigenvalue weighted by Gasteiger charge is -2.18. The Morgan fingerprint density at radius 3 is 2.58 bits per heavy atom. The van der Waals surface area contributed by atoms with Gasteiger partial charge < -0.3 is 11.1 Å². The summed E-state index contributed by atoms with van der Waals surface area (Å²) in [4.78, 5) is 11.7. The van der Waals surface area contributed by atoms with Crippen molar-refractivity contribution < 1.29 is 18.0 Å². The molecule has 19 heavy (non-hydrogen) atoms. The second-order valence-electron chi connectivity index (χ2n) is 4.97. The zero-order valence-electron chi connectivity index (χ0n) is 10.4. The first-order valence-electron chi connectivity index (χ1n) is 5.99. The van der Waals surface area contributed by atoms with Crippen molar-refractivity contribution in [2.24, 2.45) is 5.73 Å². The summed E-state index contributed by atoms with van der Waals surface area (Å²) in [5.41, 5.74) is 4.59. The summed E-state index contributed by atoms with van der Waals surface area (Å²) in [6, 6.07) is 4.42. The summed E-state index contributed by atoms with van der Waals surface area (Å²) in [7, 11) is 0. The van der Waals surface area contributed by atoms with Crippen LogP contribution in [0.4, 0.5) is 13.2 Å². The molecule has 1 unspecified atom stereocenters. The quantitative estimate of drug-likeness (QED) is 0.887. The van der Waals surface area contributed by atoms with Gasteiger partial charge in [-0.1, -0.05) is 12.1 Å². The molecule has 0 aromatic heterocycles. The summed E-state index contributed by atoms with van der Waals surface area (Å²) < 4.78 is 37.8. The first-order chi connectivity index (χ1) is 8.72. The number of nitrogens with two attached hydrogens (primary N) is 1. The minimum Gasteiger partial charge on any atom is -0.348 e. The lowest BCUT2D eigenvalue weighted by molar-refractivity contribution is -0.137. The Morgan fingerprint density at radius 1 is 1.42 bits per heavy atom. The van der Waals surface area contributed by atoms with Gasteiger partial charge in [0.15, 0.2) is 0 Å². The van der Waals surface area contributed by atoms with E-state index < -0.39 is 23.3 Å². The molecule has 1 atom stereocenters. The largest absolute Gasteiger partial charge is 0.416 e. The molecule has 0 radical (unpaired) electrons. The van der Waals surface area contributed by atoms with Crippen LogP contribution in [0.2, 0.25) is 0 Å². The van der Waals surface area contributed by atoms with Gasteiger partial charge in [0.1, 0.15) is 0 Å². The lowest BCUT2D eigenvalue weighted by Crippen LogP contribution is -2.43. The molecule has 0 heterocycles. The van der Waals surface area contributed by atoms with E-state index in [1.54, 1.807) is 13.0 Å². The van der Waals surface area contributed by atoms with Gasteiger partial charge >= 0.3 is 6.18 Å². The fraction of sp³-hybridized carbons (Fsp3) is 0.462. The second kappa shape index (κ2) is 4.52. The van der Waals surface area contributed by atoms with E-state index in [-0.39, 0.29) is 5.91 Å². The summed E-state index contributed by atoms with van der Waals surface area (Å²) in [6.07, 6.45) is -3.15. The summed E-state index contributed by atoms with van der Waals surface area (Å²) in [5, 5.41) is 2.65. The molecule has 6 heteroatoms. The van der Waals surface area contributed by atoms with Crippen molar-refractivity contribution in [2.75, 3.05) is 0 Å². The molecule has 3 N–H and O–H groups in total. The molecule has 3 nitrogen and oxygen atoms in total. The van der Waals surface area contributed by atoms with E-state index in [1.165, 1.54) is 6.07 Å². The third-order valence-electron chi connectivity index (χ3n) is 3.30. The number of alkyl halides is 3. The lowest BCUT2D eigenvalue weighted by atomic mass is 10.0. The van der Waals surface area contributed by atoms with Gasteiger partial charge in [-0.25, -0.2) is 0 Å². The van der Waals surface area contributed by atoms with Crippen molar-refractivity contribution >= 4 is 5.91 Å². The van der Waals surface area contributed by atoms with Crippen LogP contribution in [0.25, 0.3) is 0 Å². The van der Waals surface area contributed by atoms with Gasteiger partial charge in [-0.3, -0.25) is 4.79 Å². The Hall–Kier alpha value is -1.56. The van der Waals surface area contributed by atoms with Crippen LogP contribution in [0.3, 0.4) is 0 Å². The molecule has 1 aromatic carbocycles. The van der Waals surface area contributed by atoms with E-state index in [0.717, 1.165) is 12.1 Å². The number of nitrogens with one attached hydrogen (secondary N) is 1. The minimum absolute atomic E-state index is 0.308. The number of halogens is 3. The predicted molar refractivity (Wildman–Crippen MR) is 64.2 cm³/mol. The van der Waals surface area contributed by atoms with Gasteiger partial charge in [-0.15, -0.1) is 0 Å². The zero-order chi connectivity index (χ0) is 14.3. The molecule has 1 aliphatic rings. The van der Waals surface area contributed by atoms with Gasteiger partial charge in [-0.05, 0) is 37.5 Å². The highest BCUT2D eigenvalue weighted by molar-refractivity contribution is 5.89. The summed E-state index contributed by atoms with van der Waals surface area (Å²) in [6.45, 7) is 1.64. The van der Waals surface area contributed by atoms with E-state index in [9.17, 15) is 18.0 Å². The van der Waals surface area contributed by atoms with E-state index in [0.29, 0.717) is 18.4 Å². The van der Waals surface area contributed by atoms with Crippen molar-refractivity contribution in [1.29, 1.82) is 0 Å². The Bertz CT molecular complexity index is 495. The monoisotopic (exact) mass is 272 g/mol. The van der Waals surface area contributed by atoms with Gasteiger partial charge in [0.2, 0.25) is 5.91 Å². The van der Waals surface area contributed by atoms with Crippen LogP contribution in [0.1, 0.15) is 36.9 Å². The number of carbonyl (C=O) groups is 1. The van der Waals surface area contributed by atoms with E-state index in [1.807, 2.05) is 0 Å². The average Bonchev–Trinajstić information content (AvgIpc) is 3.08. The Morgan fingerprint density at radius 2 is 2.05 bits per heavy atom. The van der Waals surface area contributed by atoms with Crippen LogP contribution in [0.5, 0.6) is 0 Å². The van der Waals surface area contributed by atoms with Crippen molar-refractivity contribution in [3.63, 3.8) is 0 Å². The Kier molecular flexibility index (Phi) is 3.30. The molecule has 104 valence electrons. The van der Waals surface area contributed by atoms with Gasteiger partial charge in [0.05, 0.1) is 17.1 Å². The fourth-order valence-corrected chi connectivity index (χ4v) is 1.77. The third-order valence-corrected chi connectivity index (χ3v) is 3.30. The number of amides is 1. The van der Waals surface area contributed by atoms with Gasteiger partial charge in [-0.2, -0.15) is 13.2 Å². The number of carbonyl (C=O) groups excluding carboxylic acids is 1. The van der Waals surface area contributed by atoms with Crippen LogP contribution in [-0.4, -0.2) is 11.4 Å². The third kappa shape index (κ3) is 3.07. The topological polar surface area (TPSA) is 55.1 Å². The van der Waals surface area contributed by atoms with E-state index in [2.05, 4.69) is 5.32 Å². The number of rotatable bonds is 3. The molecule has 0 saturated heterocycles. The average molecular weight is 272 g/mol. The zero-order valence-corrected chi connectivity index (χ0v) is 10.4. The summed E-state index contributed by atoms with van der Waals surface area (Å²) in [5.74, 6) is -0.308. The van der Waals surface area contributed by atoms with Gasteiger partial charge in [0.25, 0.3) is 0 Å². The normalized spacial score (nSPS) is 18.8.